The van der Waals surface area contributed by atoms with Crippen LogP contribution in [-0.4, -0.2) is 42.8 Å². The topological polar surface area (TPSA) is 58.4 Å². The summed E-state index contributed by atoms with van der Waals surface area (Å²) >= 11 is 12.6. The summed E-state index contributed by atoms with van der Waals surface area (Å²) in [6.07, 6.45) is 1.78. The molecule has 0 N–H and O–H groups in total. The van der Waals surface area contributed by atoms with Gasteiger partial charge in [0.25, 0.3) is 10.0 Å². The maximum Gasteiger partial charge on any atom is 0.283 e. The highest BCUT2D eigenvalue weighted by molar-refractivity contribution is 7.90. The van der Waals surface area contributed by atoms with Crippen LogP contribution < -0.4 is 9.80 Å². The maximum atomic E-state index is 14.7. The van der Waals surface area contributed by atoms with Crippen LogP contribution in [0.2, 0.25) is 10.0 Å². The Morgan fingerprint density at radius 3 is 2.44 bits per heavy atom. The van der Waals surface area contributed by atoms with E-state index in [4.69, 9.17) is 23.2 Å². The molecule has 4 aromatic rings. The smallest absolute Gasteiger partial charge is 0.283 e. The number of aryl methyl sites for hydroxylation is 1. The van der Waals surface area contributed by atoms with E-state index in [2.05, 4.69) is 10.00 Å². The van der Waals surface area contributed by atoms with Gasteiger partial charge in [-0.25, -0.2) is 4.39 Å². The lowest BCUT2D eigenvalue weighted by molar-refractivity contribution is 0.497. The SMILES string of the molecule is Cc1ccc(S(=O)(=O)n2nc(N3CCN(c4ccc(Cl)cc4F)CC34CC4)c3c(Cl)cccc32)cc1. The third-order valence-electron chi connectivity index (χ3n) is 7.14. The van der Waals surface area contributed by atoms with E-state index in [0.29, 0.717) is 52.1 Å². The summed E-state index contributed by atoms with van der Waals surface area (Å²) in [6, 6.07) is 16.6. The lowest BCUT2D eigenvalue weighted by atomic mass is 10.1. The minimum atomic E-state index is -3.95. The molecular formula is C26H23Cl2FN4O2S. The Kier molecular flexibility index (Phi) is 5.48. The van der Waals surface area contributed by atoms with E-state index in [9.17, 15) is 12.8 Å². The largest absolute Gasteiger partial charge is 0.365 e. The first-order valence-electron chi connectivity index (χ1n) is 11.7. The van der Waals surface area contributed by atoms with Gasteiger partial charge < -0.3 is 9.80 Å². The van der Waals surface area contributed by atoms with Gasteiger partial charge in [-0.2, -0.15) is 12.5 Å². The van der Waals surface area contributed by atoms with Gasteiger partial charge >= 0.3 is 0 Å². The first-order chi connectivity index (χ1) is 17.2. The van der Waals surface area contributed by atoms with Gasteiger partial charge in [0.2, 0.25) is 0 Å². The summed E-state index contributed by atoms with van der Waals surface area (Å²) in [6.45, 7) is 3.59. The van der Waals surface area contributed by atoms with Gasteiger partial charge in [-0.3, -0.25) is 0 Å². The van der Waals surface area contributed by atoms with E-state index in [0.717, 1.165) is 22.5 Å². The zero-order chi connectivity index (χ0) is 25.2. The summed E-state index contributed by atoms with van der Waals surface area (Å²) in [4.78, 5) is 4.35. The van der Waals surface area contributed by atoms with Crippen molar-refractivity contribution in [3.05, 3.63) is 82.1 Å². The van der Waals surface area contributed by atoms with Gasteiger partial charge in [-0.05, 0) is 62.2 Å². The number of halogens is 3. The van der Waals surface area contributed by atoms with E-state index in [1.54, 1.807) is 54.6 Å². The Labute approximate surface area is 218 Å². The number of hydrogen-bond acceptors (Lipinski definition) is 5. The molecule has 1 spiro atoms. The number of anilines is 2. The second-order valence-electron chi connectivity index (χ2n) is 9.51. The molecule has 10 heteroatoms. The Morgan fingerprint density at radius 1 is 1.00 bits per heavy atom. The van der Waals surface area contributed by atoms with Crippen molar-refractivity contribution in [1.82, 2.24) is 9.19 Å². The van der Waals surface area contributed by atoms with Crippen LogP contribution >= 0.6 is 23.2 Å². The first-order valence-corrected chi connectivity index (χ1v) is 13.9. The van der Waals surface area contributed by atoms with Crippen LogP contribution in [0.15, 0.2) is 65.6 Å². The quantitative estimate of drug-likeness (QED) is 0.320. The molecule has 1 saturated heterocycles. The van der Waals surface area contributed by atoms with Crippen LogP contribution in [0.5, 0.6) is 0 Å². The fourth-order valence-corrected chi connectivity index (χ4v) is 6.78. The molecule has 0 atom stereocenters. The second-order valence-corrected chi connectivity index (χ2v) is 12.1. The molecule has 2 fully saturated rings. The summed E-state index contributed by atoms with van der Waals surface area (Å²) < 4.78 is 43.0. The van der Waals surface area contributed by atoms with Crippen molar-refractivity contribution in [2.24, 2.45) is 0 Å². The van der Waals surface area contributed by atoms with Crippen LogP contribution in [0.25, 0.3) is 10.9 Å². The fourth-order valence-electron chi connectivity index (χ4n) is 5.09. The third-order valence-corrected chi connectivity index (χ3v) is 9.29. The van der Waals surface area contributed by atoms with Crippen molar-refractivity contribution in [2.75, 3.05) is 29.4 Å². The van der Waals surface area contributed by atoms with Crippen molar-refractivity contribution >= 4 is 55.6 Å². The third kappa shape index (κ3) is 3.74. The van der Waals surface area contributed by atoms with Crippen LogP contribution in [0.3, 0.4) is 0 Å². The summed E-state index contributed by atoms with van der Waals surface area (Å²) in [7, 11) is -3.95. The van der Waals surface area contributed by atoms with Crippen molar-refractivity contribution in [2.45, 2.75) is 30.2 Å². The second kappa shape index (κ2) is 8.36. The first kappa shape index (κ1) is 23.6. The molecule has 2 aliphatic rings. The molecule has 3 aromatic carbocycles. The van der Waals surface area contributed by atoms with Gasteiger partial charge in [-0.15, -0.1) is 5.10 Å². The average molecular weight is 545 g/mol. The zero-order valence-corrected chi connectivity index (χ0v) is 21.8. The molecule has 2 heterocycles. The average Bonchev–Trinajstić information content (AvgIpc) is 3.47. The van der Waals surface area contributed by atoms with E-state index in [-0.39, 0.29) is 16.3 Å². The lowest BCUT2D eigenvalue weighted by Gasteiger charge is -2.43. The number of aromatic nitrogens is 2. The Bertz CT molecular complexity index is 1600. The molecule has 0 amide bonds. The number of benzene rings is 3. The molecule has 1 aromatic heterocycles. The van der Waals surface area contributed by atoms with Crippen molar-refractivity contribution in [3.8, 4) is 0 Å². The Hall–Kier alpha value is -2.81. The Morgan fingerprint density at radius 2 is 1.75 bits per heavy atom. The summed E-state index contributed by atoms with van der Waals surface area (Å²) in [5, 5.41) is 6.07. The molecule has 36 heavy (non-hydrogen) atoms. The lowest BCUT2D eigenvalue weighted by Crippen LogP contribution is -2.55. The molecule has 1 aliphatic heterocycles. The maximum absolute atomic E-state index is 14.7. The number of nitrogens with zero attached hydrogens (tertiary/aromatic N) is 4. The number of fused-ring (bicyclic) bond motifs is 1. The van der Waals surface area contributed by atoms with Gasteiger partial charge in [0.1, 0.15) is 5.82 Å². The number of hydrogen-bond donors (Lipinski definition) is 0. The molecule has 0 radical (unpaired) electrons. The molecule has 6 nitrogen and oxygen atoms in total. The minimum absolute atomic E-state index is 0.160. The Balaban J connectivity index is 1.43. The monoisotopic (exact) mass is 544 g/mol. The van der Waals surface area contributed by atoms with Crippen LogP contribution in [0.4, 0.5) is 15.9 Å². The minimum Gasteiger partial charge on any atom is -0.365 e. The summed E-state index contributed by atoms with van der Waals surface area (Å²) in [5.41, 5.74) is 1.64. The number of piperazine rings is 1. The summed E-state index contributed by atoms with van der Waals surface area (Å²) in [5.74, 6) is 0.189. The normalized spacial score (nSPS) is 17.2. The highest BCUT2D eigenvalue weighted by Gasteiger charge is 2.53. The van der Waals surface area contributed by atoms with Gasteiger partial charge in [0.15, 0.2) is 5.82 Å². The van der Waals surface area contributed by atoms with Crippen LogP contribution in [-0.2, 0) is 10.0 Å². The predicted molar refractivity (Wildman–Crippen MR) is 141 cm³/mol. The molecular weight excluding hydrogens is 522 g/mol. The van der Waals surface area contributed by atoms with Crippen LogP contribution in [0.1, 0.15) is 18.4 Å². The van der Waals surface area contributed by atoms with Crippen molar-refractivity contribution in [3.63, 3.8) is 0 Å². The fraction of sp³-hybridized carbons (Fsp3) is 0.269. The van der Waals surface area contributed by atoms with E-state index >= 15 is 0 Å². The molecule has 1 aliphatic carbocycles. The van der Waals surface area contributed by atoms with Gasteiger partial charge in [0.05, 0.1) is 32.0 Å². The predicted octanol–water partition coefficient (Wildman–Crippen LogP) is 5.89. The molecule has 6 rings (SSSR count). The van der Waals surface area contributed by atoms with Crippen LogP contribution in [0, 0.1) is 12.7 Å². The van der Waals surface area contributed by atoms with Crippen molar-refractivity contribution in [1.29, 1.82) is 0 Å². The van der Waals surface area contributed by atoms with E-state index < -0.39 is 10.0 Å². The van der Waals surface area contributed by atoms with Crippen molar-refractivity contribution < 1.29 is 12.8 Å². The standard InChI is InChI=1S/C26H23Cl2FN4O2S/c1-17-5-8-19(9-6-17)36(34,35)33-23-4-2-3-20(28)24(23)25(30-33)32-14-13-31(16-26(32)11-12-26)22-10-7-18(27)15-21(22)29/h2-10,15H,11-14,16H2,1H3. The van der Waals surface area contributed by atoms with Gasteiger partial charge in [-0.1, -0.05) is 47.0 Å². The van der Waals surface area contributed by atoms with Gasteiger partial charge in [0, 0.05) is 24.7 Å². The van der Waals surface area contributed by atoms with E-state index in [1.807, 2.05) is 11.8 Å². The highest BCUT2D eigenvalue weighted by Crippen LogP contribution is 2.49. The highest BCUT2D eigenvalue weighted by atomic mass is 35.5. The van der Waals surface area contributed by atoms with E-state index in [1.165, 1.54) is 6.07 Å². The molecule has 1 saturated carbocycles. The molecule has 0 unspecified atom stereocenters. The molecule has 186 valence electrons. The number of rotatable bonds is 4. The zero-order valence-electron chi connectivity index (χ0n) is 19.5. The molecule has 0 bridgehead atoms.